The Morgan fingerprint density at radius 1 is 1.00 bits per heavy atom. The lowest BCUT2D eigenvalue weighted by atomic mass is 10.1. The molecule has 0 saturated carbocycles. The molecule has 4 nitrogen and oxygen atoms in total. The van der Waals surface area contributed by atoms with Gasteiger partial charge in [0.1, 0.15) is 11.3 Å². The van der Waals surface area contributed by atoms with E-state index in [0.29, 0.717) is 22.3 Å². The quantitative estimate of drug-likeness (QED) is 0.493. The highest BCUT2D eigenvalue weighted by atomic mass is 19.4. The fourth-order valence-electron chi connectivity index (χ4n) is 2.11. The van der Waals surface area contributed by atoms with Gasteiger partial charge < -0.3 is 4.42 Å². The van der Waals surface area contributed by atoms with Crippen LogP contribution in [0.25, 0.3) is 22.3 Å². The first kappa shape index (κ1) is 14.1. The number of halogens is 3. The molecule has 0 fully saturated rings. The minimum absolute atomic E-state index is 0.0702. The standard InChI is InChI=1S/C15H8F3NO3/c16-15(17,18)11-3-6-13-10(7-11)8-14(22-13)9-1-4-12(5-2-9)19(20)21/h1-8H. The molecule has 0 bridgehead atoms. The summed E-state index contributed by atoms with van der Waals surface area (Å²) in [6.07, 6.45) is -4.42. The van der Waals surface area contributed by atoms with Crippen molar-refractivity contribution in [2.24, 2.45) is 0 Å². The molecule has 1 heterocycles. The molecule has 22 heavy (non-hydrogen) atoms. The number of rotatable bonds is 2. The minimum atomic E-state index is -4.42. The third-order valence-electron chi connectivity index (χ3n) is 3.21. The zero-order chi connectivity index (χ0) is 15.9. The number of nitrogens with zero attached hydrogens (tertiary/aromatic N) is 1. The van der Waals surface area contributed by atoms with E-state index in [0.717, 1.165) is 12.1 Å². The highest BCUT2D eigenvalue weighted by Gasteiger charge is 2.30. The topological polar surface area (TPSA) is 56.3 Å². The van der Waals surface area contributed by atoms with Gasteiger partial charge >= 0.3 is 6.18 Å². The van der Waals surface area contributed by atoms with Crippen LogP contribution in [0.4, 0.5) is 18.9 Å². The normalized spacial score (nSPS) is 11.8. The molecule has 0 unspecified atom stereocenters. The number of hydrogen-bond donors (Lipinski definition) is 0. The average molecular weight is 307 g/mol. The lowest BCUT2D eigenvalue weighted by Crippen LogP contribution is -2.03. The Balaban J connectivity index is 2.03. The van der Waals surface area contributed by atoms with Crippen molar-refractivity contribution in [1.29, 1.82) is 0 Å². The van der Waals surface area contributed by atoms with E-state index < -0.39 is 16.7 Å². The summed E-state index contributed by atoms with van der Waals surface area (Å²) in [5.41, 5.74) is 0.0481. The van der Waals surface area contributed by atoms with Gasteiger partial charge in [-0.3, -0.25) is 10.1 Å². The van der Waals surface area contributed by atoms with E-state index in [4.69, 9.17) is 4.42 Å². The van der Waals surface area contributed by atoms with Crippen molar-refractivity contribution < 1.29 is 22.5 Å². The lowest BCUT2D eigenvalue weighted by Gasteiger charge is -2.04. The van der Waals surface area contributed by atoms with Crippen LogP contribution < -0.4 is 0 Å². The van der Waals surface area contributed by atoms with Crippen LogP contribution in [0.15, 0.2) is 52.9 Å². The smallest absolute Gasteiger partial charge is 0.416 e. The van der Waals surface area contributed by atoms with Gasteiger partial charge in [-0.05, 0) is 36.4 Å². The summed E-state index contributed by atoms with van der Waals surface area (Å²) < 4.78 is 43.5. The molecule has 0 aliphatic heterocycles. The van der Waals surface area contributed by atoms with Crippen molar-refractivity contribution in [3.8, 4) is 11.3 Å². The van der Waals surface area contributed by atoms with Crippen LogP contribution >= 0.6 is 0 Å². The van der Waals surface area contributed by atoms with Crippen LogP contribution in [0.2, 0.25) is 0 Å². The Morgan fingerprint density at radius 2 is 1.68 bits per heavy atom. The SMILES string of the molecule is O=[N+]([O-])c1ccc(-c2cc3cc(C(F)(F)F)ccc3o2)cc1. The molecular weight excluding hydrogens is 299 g/mol. The van der Waals surface area contributed by atoms with Crippen LogP contribution in [-0.4, -0.2) is 4.92 Å². The molecule has 3 rings (SSSR count). The van der Waals surface area contributed by atoms with E-state index in [2.05, 4.69) is 0 Å². The first-order valence-electron chi connectivity index (χ1n) is 6.20. The Kier molecular flexibility index (Phi) is 3.13. The summed E-state index contributed by atoms with van der Waals surface area (Å²) in [5, 5.41) is 10.9. The van der Waals surface area contributed by atoms with E-state index in [-0.39, 0.29) is 5.69 Å². The van der Waals surface area contributed by atoms with Crippen molar-refractivity contribution >= 4 is 16.7 Å². The second kappa shape index (κ2) is 4.87. The van der Waals surface area contributed by atoms with E-state index in [1.165, 1.54) is 36.4 Å². The van der Waals surface area contributed by atoms with Crippen molar-refractivity contribution in [3.05, 3.63) is 64.2 Å². The molecule has 3 aromatic rings. The van der Waals surface area contributed by atoms with Gasteiger partial charge in [0.2, 0.25) is 0 Å². The molecule has 0 amide bonds. The highest BCUT2D eigenvalue weighted by Crippen LogP contribution is 2.34. The maximum Gasteiger partial charge on any atom is 0.416 e. The van der Waals surface area contributed by atoms with E-state index in [9.17, 15) is 23.3 Å². The van der Waals surface area contributed by atoms with Gasteiger partial charge in [-0.15, -0.1) is 0 Å². The van der Waals surface area contributed by atoms with Crippen molar-refractivity contribution in [2.75, 3.05) is 0 Å². The van der Waals surface area contributed by atoms with Crippen molar-refractivity contribution in [2.45, 2.75) is 6.18 Å². The van der Waals surface area contributed by atoms with Crippen LogP contribution in [0, 0.1) is 10.1 Å². The summed E-state index contributed by atoms with van der Waals surface area (Å²) in [5.74, 6) is 0.351. The molecule has 0 saturated heterocycles. The number of nitro benzene ring substituents is 1. The van der Waals surface area contributed by atoms with Gasteiger partial charge in [0, 0.05) is 23.1 Å². The van der Waals surface area contributed by atoms with Gasteiger partial charge in [-0.1, -0.05) is 0 Å². The van der Waals surface area contributed by atoms with Crippen LogP contribution in [0.3, 0.4) is 0 Å². The van der Waals surface area contributed by atoms with Crippen LogP contribution in [0.1, 0.15) is 5.56 Å². The number of alkyl halides is 3. The fraction of sp³-hybridized carbons (Fsp3) is 0.0667. The van der Waals surface area contributed by atoms with Gasteiger partial charge in [-0.2, -0.15) is 13.2 Å². The average Bonchev–Trinajstić information content (AvgIpc) is 2.89. The second-order valence-corrected chi connectivity index (χ2v) is 4.66. The van der Waals surface area contributed by atoms with Crippen LogP contribution in [0.5, 0.6) is 0 Å². The third kappa shape index (κ3) is 2.52. The van der Waals surface area contributed by atoms with E-state index >= 15 is 0 Å². The molecular formula is C15H8F3NO3. The lowest BCUT2D eigenvalue weighted by molar-refractivity contribution is -0.384. The molecule has 0 radical (unpaired) electrons. The number of furan rings is 1. The Labute approximate surface area is 121 Å². The molecule has 0 atom stereocenters. The molecule has 2 aromatic carbocycles. The number of fused-ring (bicyclic) bond motifs is 1. The molecule has 112 valence electrons. The summed E-state index contributed by atoms with van der Waals surface area (Å²) in [4.78, 5) is 10.1. The van der Waals surface area contributed by atoms with Gasteiger partial charge in [0.15, 0.2) is 0 Å². The second-order valence-electron chi connectivity index (χ2n) is 4.66. The summed E-state index contributed by atoms with van der Waals surface area (Å²) >= 11 is 0. The summed E-state index contributed by atoms with van der Waals surface area (Å²) in [6.45, 7) is 0. The molecule has 0 spiro atoms. The molecule has 1 aromatic heterocycles. The first-order chi connectivity index (χ1) is 10.3. The van der Waals surface area contributed by atoms with Crippen molar-refractivity contribution in [1.82, 2.24) is 0 Å². The van der Waals surface area contributed by atoms with Gasteiger partial charge in [0.25, 0.3) is 5.69 Å². The molecule has 0 aliphatic carbocycles. The highest BCUT2D eigenvalue weighted by molar-refractivity contribution is 5.83. The maximum absolute atomic E-state index is 12.7. The largest absolute Gasteiger partial charge is 0.456 e. The molecule has 0 aliphatic rings. The first-order valence-corrected chi connectivity index (χ1v) is 6.20. The summed E-state index contributed by atoms with van der Waals surface area (Å²) in [7, 11) is 0. The number of benzene rings is 2. The minimum Gasteiger partial charge on any atom is -0.456 e. The molecule has 7 heteroatoms. The Bertz CT molecular complexity index is 851. The number of non-ortho nitro benzene ring substituents is 1. The fourth-order valence-corrected chi connectivity index (χ4v) is 2.11. The monoisotopic (exact) mass is 307 g/mol. The zero-order valence-electron chi connectivity index (χ0n) is 10.9. The maximum atomic E-state index is 12.7. The van der Waals surface area contributed by atoms with Gasteiger partial charge in [0.05, 0.1) is 10.5 Å². The van der Waals surface area contributed by atoms with E-state index in [1.807, 2.05) is 0 Å². The Morgan fingerprint density at radius 3 is 2.27 bits per heavy atom. The predicted octanol–water partition coefficient (Wildman–Crippen LogP) is 5.03. The number of nitro groups is 1. The molecule has 0 N–H and O–H groups in total. The van der Waals surface area contributed by atoms with E-state index in [1.54, 1.807) is 0 Å². The number of hydrogen-bond acceptors (Lipinski definition) is 3. The predicted molar refractivity (Wildman–Crippen MR) is 73.3 cm³/mol. The Hall–Kier alpha value is -2.83. The van der Waals surface area contributed by atoms with Crippen molar-refractivity contribution in [3.63, 3.8) is 0 Å². The third-order valence-corrected chi connectivity index (χ3v) is 3.21. The van der Waals surface area contributed by atoms with Gasteiger partial charge in [-0.25, -0.2) is 0 Å². The zero-order valence-corrected chi connectivity index (χ0v) is 10.9. The van der Waals surface area contributed by atoms with Crippen LogP contribution in [-0.2, 0) is 6.18 Å². The summed E-state index contributed by atoms with van der Waals surface area (Å²) in [6, 6.07) is 10.3.